The monoisotopic (exact) mass is 301 g/mol. The fraction of sp³-hybridized carbons (Fsp3) is 0.273. The third kappa shape index (κ3) is 5.46. The number of hydrogen-bond acceptors (Lipinski definition) is 4. The quantitative estimate of drug-likeness (QED) is 0.839. The van der Waals surface area contributed by atoms with E-state index in [0.29, 0.717) is 5.69 Å². The lowest BCUT2D eigenvalue weighted by Crippen LogP contribution is -2.22. The van der Waals surface area contributed by atoms with E-state index >= 15 is 0 Å². The van der Waals surface area contributed by atoms with Crippen LogP contribution in [0.3, 0.4) is 0 Å². The Morgan fingerprint density at radius 1 is 1.24 bits per heavy atom. The molecule has 1 aromatic carbocycles. The fourth-order valence-electron chi connectivity index (χ4n) is 1.04. The van der Waals surface area contributed by atoms with Crippen LogP contribution in [0.25, 0.3) is 0 Å². The lowest BCUT2D eigenvalue weighted by Gasteiger charge is -2.06. The number of hydrogen-bond donors (Lipinski definition) is 1. The highest BCUT2D eigenvalue weighted by atomic mass is 79.9. The van der Waals surface area contributed by atoms with Gasteiger partial charge in [0.1, 0.15) is 6.61 Å². The molecule has 0 bridgehead atoms. The Morgan fingerprint density at radius 3 is 2.47 bits per heavy atom. The van der Waals surface area contributed by atoms with Crippen LogP contribution >= 0.6 is 15.9 Å². The summed E-state index contributed by atoms with van der Waals surface area (Å²) in [6, 6.07) is 7.07. The molecule has 0 aliphatic rings. The molecule has 0 unspecified atom stereocenters. The number of nitrogens with one attached hydrogen (secondary N) is 1. The summed E-state index contributed by atoms with van der Waals surface area (Å²) in [5.74, 6) is -0.963. The Balaban J connectivity index is 2.34. The second kappa shape index (κ2) is 7.03. The van der Waals surface area contributed by atoms with E-state index < -0.39 is 11.9 Å². The van der Waals surface area contributed by atoms with E-state index in [1.807, 2.05) is 0 Å². The molecule has 1 aromatic rings. The number of esters is 1. The minimum atomic E-state index is -0.571. The van der Waals surface area contributed by atoms with Gasteiger partial charge in [0.15, 0.2) is 6.61 Å². The average molecular weight is 302 g/mol. The van der Waals surface area contributed by atoms with Gasteiger partial charge in [0.05, 0.1) is 0 Å². The first kappa shape index (κ1) is 13.7. The number of halogens is 1. The molecule has 6 heteroatoms. The zero-order chi connectivity index (χ0) is 12.7. The normalized spacial score (nSPS) is 9.76. The van der Waals surface area contributed by atoms with Gasteiger partial charge in [-0.2, -0.15) is 0 Å². The van der Waals surface area contributed by atoms with Gasteiger partial charge in [0, 0.05) is 17.3 Å². The van der Waals surface area contributed by atoms with Crippen molar-refractivity contribution in [3.8, 4) is 0 Å². The Hall–Kier alpha value is -1.40. The number of carbonyl (C=O) groups is 2. The van der Waals surface area contributed by atoms with Crippen molar-refractivity contribution in [1.29, 1.82) is 0 Å². The van der Waals surface area contributed by atoms with Crippen molar-refractivity contribution < 1.29 is 19.1 Å². The van der Waals surface area contributed by atoms with Gasteiger partial charge < -0.3 is 14.8 Å². The van der Waals surface area contributed by atoms with E-state index in [1.54, 1.807) is 24.3 Å². The number of anilines is 1. The van der Waals surface area contributed by atoms with Gasteiger partial charge in [0.25, 0.3) is 5.91 Å². The third-order valence-corrected chi connectivity index (χ3v) is 2.28. The summed E-state index contributed by atoms with van der Waals surface area (Å²) in [6.07, 6.45) is 0. The number of carbonyl (C=O) groups excluding carboxylic acids is 2. The molecule has 0 saturated carbocycles. The van der Waals surface area contributed by atoms with E-state index in [0.717, 1.165) is 4.47 Å². The molecule has 0 saturated heterocycles. The topological polar surface area (TPSA) is 64.6 Å². The first-order valence-electron chi connectivity index (χ1n) is 4.82. The van der Waals surface area contributed by atoms with Gasteiger partial charge in [-0.1, -0.05) is 15.9 Å². The van der Waals surface area contributed by atoms with Crippen molar-refractivity contribution >= 4 is 33.5 Å². The minimum absolute atomic E-state index is 0.161. The number of ether oxygens (including phenoxy) is 2. The predicted octanol–water partition coefficient (Wildman–Crippen LogP) is 1.58. The first-order valence-corrected chi connectivity index (χ1v) is 5.61. The van der Waals surface area contributed by atoms with Gasteiger partial charge in [-0.25, -0.2) is 4.79 Å². The molecule has 0 heterocycles. The summed E-state index contributed by atoms with van der Waals surface area (Å²) < 4.78 is 10.1. The second-order valence-corrected chi connectivity index (χ2v) is 4.06. The Kier molecular flexibility index (Phi) is 5.65. The van der Waals surface area contributed by atoms with E-state index in [2.05, 4.69) is 30.7 Å². The first-order chi connectivity index (χ1) is 8.11. The standard InChI is InChI=1S/C11H12BrNO4/c1-16-7-11(15)17-6-10(14)13-9-4-2-8(12)3-5-9/h2-5H,6-7H2,1H3,(H,13,14). The van der Waals surface area contributed by atoms with Crippen LogP contribution in [0.4, 0.5) is 5.69 Å². The maximum Gasteiger partial charge on any atom is 0.332 e. The summed E-state index contributed by atoms with van der Waals surface area (Å²) in [5, 5.41) is 2.59. The molecule has 0 aromatic heterocycles. The summed E-state index contributed by atoms with van der Waals surface area (Å²) in [5.41, 5.74) is 0.640. The molecule has 0 aliphatic carbocycles. The van der Waals surface area contributed by atoms with Crippen LogP contribution in [-0.4, -0.2) is 32.2 Å². The van der Waals surface area contributed by atoms with Crippen LogP contribution in [0.1, 0.15) is 0 Å². The summed E-state index contributed by atoms with van der Waals surface area (Å²) >= 11 is 3.28. The second-order valence-electron chi connectivity index (χ2n) is 3.15. The van der Waals surface area contributed by atoms with Gasteiger partial charge in [-0.15, -0.1) is 0 Å². The molecular weight excluding hydrogens is 290 g/mol. The van der Waals surface area contributed by atoms with Crippen molar-refractivity contribution in [3.63, 3.8) is 0 Å². The van der Waals surface area contributed by atoms with E-state index in [4.69, 9.17) is 0 Å². The van der Waals surface area contributed by atoms with E-state index in [9.17, 15) is 9.59 Å². The van der Waals surface area contributed by atoms with Crippen LogP contribution in [0.5, 0.6) is 0 Å². The van der Waals surface area contributed by atoms with Crippen LogP contribution in [0.2, 0.25) is 0 Å². The molecule has 1 N–H and O–H groups in total. The van der Waals surface area contributed by atoms with Crippen LogP contribution in [-0.2, 0) is 19.1 Å². The average Bonchev–Trinajstić information content (AvgIpc) is 2.30. The molecular formula is C11H12BrNO4. The van der Waals surface area contributed by atoms with Crippen molar-refractivity contribution in [3.05, 3.63) is 28.7 Å². The maximum atomic E-state index is 11.4. The molecule has 0 aliphatic heterocycles. The Bertz CT molecular complexity index is 391. The lowest BCUT2D eigenvalue weighted by atomic mass is 10.3. The van der Waals surface area contributed by atoms with Gasteiger partial charge in [-0.3, -0.25) is 4.79 Å². The maximum absolute atomic E-state index is 11.4. The van der Waals surface area contributed by atoms with Crippen molar-refractivity contribution in [2.45, 2.75) is 0 Å². The van der Waals surface area contributed by atoms with Crippen molar-refractivity contribution in [2.24, 2.45) is 0 Å². The van der Waals surface area contributed by atoms with Crippen LogP contribution in [0, 0.1) is 0 Å². The molecule has 0 fully saturated rings. The van der Waals surface area contributed by atoms with Crippen LogP contribution in [0.15, 0.2) is 28.7 Å². The van der Waals surface area contributed by atoms with Gasteiger partial charge in [-0.05, 0) is 24.3 Å². The molecule has 1 rings (SSSR count). The third-order valence-electron chi connectivity index (χ3n) is 1.75. The van der Waals surface area contributed by atoms with Crippen molar-refractivity contribution in [1.82, 2.24) is 0 Å². The summed E-state index contributed by atoms with van der Waals surface area (Å²) in [4.78, 5) is 22.3. The highest BCUT2D eigenvalue weighted by Crippen LogP contribution is 2.13. The fourth-order valence-corrected chi connectivity index (χ4v) is 1.30. The number of rotatable bonds is 5. The zero-order valence-electron chi connectivity index (χ0n) is 9.23. The molecule has 17 heavy (non-hydrogen) atoms. The van der Waals surface area contributed by atoms with Gasteiger partial charge >= 0.3 is 5.97 Å². The molecule has 5 nitrogen and oxygen atoms in total. The zero-order valence-corrected chi connectivity index (χ0v) is 10.8. The highest BCUT2D eigenvalue weighted by Gasteiger charge is 2.07. The largest absolute Gasteiger partial charge is 0.454 e. The molecule has 0 radical (unpaired) electrons. The minimum Gasteiger partial charge on any atom is -0.454 e. The van der Waals surface area contributed by atoms with Crippen LogP contribution < -0.4 is 5.32 Å². The summed E-state index contributed by atoms with van der Waals surface area (Å²) in [6.45, 7) is -0.482. The number of benzene rings is 1. The lowest BCUT2D eigenvalue weighted by molar-refractivity contribution is -0.150. The SMILES string of the molecule is COCC(=O)OCC(=O)Nc1ccc(Br)cc1. The van der Waals surface area contributed by atoms with Gasteiger partial charge in [0.2, 0.25) is 0 Å². The van der Waals surface area contributed by atoms with Crippen molar-refractivity contribution in [2.75, 3.05) is 25.6 Å². The molecule has 0 atom stereocenters. The molecule has 0 spiro atoms. The molecule has 92 valence electrons. The van der Waals surface area contributed by atoms with E-state index in [1.165, 1.54) is 7.11 Å². The molecule has 1 amide bonds. The Labute approximate surface area is 107 Å². The predicted molar refractivity (Wildman–Crippen MR) is 65.6 cm³/mol. The Morgan fingerprint density at radius 2 is 1.88 bits per heavy atom. The smallest absolute Gasteiger partial charge is 0.332 e. The van der Waals surface area contributed by atoms with E-state index in [-0.39, 0.29) is 13.2 Å². The number of amides is 1. The highest BCUT2D eigenvalue weighted by molar-refractivity contribution is 9.10. The number of methoxy groups -OCH3 is 1. The summed E-state index contributed by atoms with van der Waals surface area (Å²) in [7, 11) is 1.38.